The molecule has 38 nitrogen and oxygen atoms in total. The van der Waals surface area contributed by atoms with E-state index >= 15 is 0 Å². The largest absolute Gasteiger partial charge is 0.459 e. The predicted molar refractivity (Wildman–Crippen MR) is 452 cm³/mol. The van der Waals surface area contributed by atoms with Crippen molar-refractivity contribution in [3.05, 3.63) is 29.3 Å². The highest BCUT2D eigenvalue weighted by molar-refractivity contribution is 5.78. The molecule has 744 valence electrons. The molecule has 0 aliphatic carbocycles. The van der Waals surface area contributed by atoms with Gasteiger partial charge in [0.05, 0.1) is 350 Å². The van der Waals surface area contributed by atoms with Crippen molar-refractivity contribution in [1.82, 2.24) is 24.9 Å². The van der Waals surface area contributed by atoms with Crippen LogP contribution in [0.1, 0.15) is 68.7 Å². The Labute approximate surface area is 748 Å². The van der Waals surface area contributed by atoms with Gasteiger partial charge in [0.1, 0.15) is 16.8 Å². The second-order valence-corrected chi connectivity index (χ2v) is 30.9. The van der Waals surface area contributed by atoms with Crippen molar-refractivity contribution in [2.24, 2.45) is 0 Å². The molecule has 1 aliphatic rings. The molecule has 0 unspecified atom stereocenters. The van der Waals surface area contributed by atoms with Crippen molar-refractivity contribution in [2.75, 3.05) is 402 Å². The number of halogens is 4. The van der Waals surface area contributed by atoms with Crippen LogP contribution in [0.5, 0.6) is 5.75 Å². The van der Waals surface area contributed by atoms with Gasteiger partial charge in [0, 0.05) is 65.0 Å². The maximum Gasteiger partial charge on any atom is 0.320 e. The molecule has 1 heterocycles. The fourth-order valence-electron chi connectivity index (χ4n) is 10.5. The first-order valence-electron chi connectivity index (χ1n) is 44.0. The van der Waals surface area contributed by atoms with Gasteiger partial charge in [-0.3, -0.25) is 43.6 Å². The summed E-state index contributed by atoms with van der Waals surface area (Å²) in [7, 11) is 0. The Morgan fingerprint density at radius 3 is 0.598 bits per heavy atom. The lowest BCUT2D eigenvalue weighted by Gasteiger charge is -2.34. The Balaban J connectivity index is 1.23. The van der Waals surface area contributed by atoms with Crippen LogP contribution in [0.4, 0.5) is 17.6 Å². The van der Waals surface area contributed by atoms with E-state index in [0.717, 1.165) is 0 Å². The zero-order valence-corrected chi connectivity index (χ0v) is 77.2. The first-order chi connectivity index (χ1) is 61.3. The molecule has 1 fully saturated rings. The summed E-state index contributed by atoms with van der Waals surface area (Å²) in [5, 5.41) is 2.94. The topological polar surface area (TPSA) is 369 Å². The van der Waals surface area contributed by atoms with Crippen molar-refractivity contribution in [3.63, 3.8) is 0 Å². The summed E-state index contributed by atoms with van der Waals surface area (Å²) >= 11 is 0. The second-order valence-electron chi connectivity index (χ2n) is 30.9. The summed E-state index contributed by atoms with van der Waals surface area (Å²) in [6, 6.07) is 0.0147. The van der Waals surface area contributed by atoms with Gasteiger partial charge < -0.3 is 138 Å². The molecule has 0 aromatic heterocycles. The maximum absolute atomic E-state index is 13.6. The zero-order chi connectivity index (χ0) is 92.6. The quantitative estimate of drug-likeness (QED) is 0.0244. The van der Waals surface area contributed by atoms with Gasteiger partial charge in [0.25, 0.3) is 0 Å². The van der Waals surface area contributed by atoms with Crippen molar-refractivity contribution in [2.45, 2.75) is 85.5 Å². The molecule has 0 atom stereocenters. The molecule has 1 saturated heterocycles. The third kappa shape index (κ3) is 78.4. The smallest absolute Gasteiger partial charge is 0.320 e. The van der Waals surface area contributed by atoms with Crippen LogP contribution in [-0.4, -0.2) is 468 Å². The highest BCUT2D eigenvalue weighted by Crippen LogP contribution is 2.27. The van der Waals surface area contributed by atoms with E-state index in [1.54, 1.807) is 0 Å². The Morgan fingerprint density at radius 1 is 0.252 bits per heavy atom. The minimum Gasteiger partial charge on any atom is -0.459 e. The van der Waals surface area contributed by atoms with Gasteiger partial charge in [0.2, 0.25) is 23.3 Å². The summed E-state index contributed by atoms with van der Waals surface area (Å²) in [4.78, 5) is 72.1. The number of benzene rings is 1. The van der Waals surface area contributed by atoms with Crippen LogP contribution in [0.2, 0.25) is 0 Å². The number of hydrogen-bond donors (Lipinski definition) is 1. The number of nitrogens with zero attached hydrogens (tertiary/aromatic N) is 4. The maximum atomic E-state index is 13.6. The third-order valence-electron chi connectivity index (χ3n) is 16.5. The van der Waals surface area contributed by atoms with Gasteiger partial charge in [-0.2, -0.15) is 8.78 Å². The van der Waals surface area contributed by atoms with E-state index in [0.29, 0.717) is 350 Å². The van der Waals surface area contributed by atoms with Crippen molar-refractivity contribution in [3.8, 4) is 5.75 Å². The van der Waals surface area contributed by atoms with E-state index in [-0.39, 0.29) is 82.5 Å². The van der Waals surface area contributed by atoms with E-state index in [1.807, 2.05) is 81.9 Å². The average Bonchev–Trinajstić information content (AvgIpc) is 0.817. The zero-order valence-electron chi connectivity index (χ0n) is 77.2. The summed E-state index contributed by atoms with van der Waals surface area (Å²) in [5.74, 6) is -10.8. The van der Waals surface area contributed by atoms with Gasteiger partial charge in [-0.05, 0) is 62.3 Å². The van der Waals surface area contributed by atoms with Crippen LogP contribution in [0.3, 0.4) is 0 Å². The van der Waals surface area contributed by atoms with Gasteiger partial charge in [-0.15, -0.1) is 0 Å². The van der Waals surface area contributed by atoms with Gasteiger partial charge in [-0.1, -0.05) is 0 Å². The molecule has 127 heavy (non-hydrogen) atoms. The Hall–Kier alpha value is -4.83. The summed E-state index contributed by atoms with van der Waals surface area (Å²) in [6.45, 7) is 39.6. The van der Waals surface area contributed by atoms with Crippen LogP contribution in [0.15, 0.2) is 6.07 Å². The molecule has 0 saturated carbocycles. The predicted octanol–water partition coefficient (Wildman–Crippen LogP) is 3.30. The van der Waals surface area contributed by atoms with E-state index in [2.05, 4.69) is 10.1 Å². The summed E-state index contributed by atoms with van der Waals surface area (Å²) in [5.41, 5.74) is -1.99. The van der Waals surface area contributed by atoms with Crippen molar-refractivity contribution >= 4 is 29.8 Å². The minimum absolute atomic E-state index is 0.0147. The molecule has 1 aliphatic heterocycles. The number of carbonyl (C=O) groups excluding carboxylic acids is 5. The molecule has 1 aromatic carbocycles. The standard InChI is InChI=1S/C85H153F4N5O33/c1-83(2,3)125-77(97)70-92-14-12-91(13-15-93(71-78(98)126-84(4,5)6)17-19-94(18-16-92)72-79(99)127-85(7,8)9)69-75(95)90-11-21-101-23-25-103-27-29-105-31-33-107-35-37-109-39-41-111-43-45-113-47-49-115-51-53-117-55-57-119-59-61-121-63-65-123-67-66-122-64-62-120-60-58-118-56-54-116-52-50-114-48-46-112-44-42-110-40-38-108-36-34-106-32-30-104-28-26-102-24-22-100-20-10-76(96)124-82-80(88)73(86)68-74(87)81(82)89/h68H,10-67,69-72H2,1-9H3,(H,90,95). The molecular formula is C85H153F4N5O33. The molecular weight excluding hydrogens is 1690 g/mol. The minimum atomic E-state index is -1.80. The van der Waals surface area contributed by atoms with Crippen LogP contribution in [0, 0.1) is 23.3 Å². The van der Waals surface area contributed by atoms with Crippen LogP contribution >= 0.6 is 0 Å². The third-order valence-corrected chi connectivity index (χ3v) is 16.5. The second kappa shape index (κ2) is 80.8. The lowest BCUT2D eigenvalue weighted by Crippen LogP contribution is -2.50. The number of ether oxygens (including phenoxy) is 28. The molecule has 42 heteroatoms. The highest BCUT2D eigenvalue weighted by atomic mass is 19.2. The highest BCUT2D eigenvalue weighted by Gasteiger charge is 2.28. The number of hydrogen-bond acceptors (Lipinski definition) is 37. The average molecular weight is 1850 g/mol. The molecule has 1 N–H and O–H groups in total. The number of esters is 4. The Kier molecular flexibility index (Phi) is 75.2. The van der Waals surface area contributed by atoms with Crippen LogP contribution < -0.4 is 10.1 Å². The molecule has 0 radical (unpaired) electrons. The first-order valence-corrected chi connectivity index (χ1v) is 44.0. The van der Waals surface area contributed by atoms with Crippen LogP contribution in [0.25, 0.3) is 0 Å². The molecule has 0 bridgehead atoms. The van der Waals surface area contributed by atoms with Gasteiger partial charge in [-0.25, -0.2) is 8.78 Å². The summed E-state index contributed by atoms with van der Waals surface area (Å²) in [6.07, 6.45) is -0.406. The Bertz CT molecular complexity index is 2740. The number of carbonyl (C=O) groups is 5. The van der Waals surface area contributed by atoms with E-state index < -0.39 is 58.2 Å². The van der Waals surface area contributed by atoms with Gasteiger partial charge >= 0.3 is 23.9 Å². The van der Waals surface area contributed by atoms with E-state index in [9.17, 15) is 41.5 Å². The van der Waals surface area contributed by atoms with E-state index in [4.69, 9.17) is 128 Å². The van der Waals surface area contributed by atoms with Crippen molar-refractivity contribution in [1.29, 1.82) is 0 Å². The normalized spacial score (nSPS) is 13.9. The van der Waals surface area contributed by atoms with E-state index in [1.165, 1.54) is 0 Å². The fraction of sp³-hybridized carbons (Fsp3) is 0.871. The van der Waals surface area contributed by atoms with Crippen LogP contribution in [-0.2, 0) is 152 Å². The molecule has 2 rings (SSSR count). The number of nitrogens with one attached hydrogen (secondary N) is 1. The SMILES string of the molecule is CC(C)(C)OC(=O)CN1CCN(CC(=O)NCCOCCOCCOCCOCCOCCOCCOCCOCCOCCOCCOCCOCCOCCOCCOCCOCCOCCOCCOCCOCCOCCOCCOCCOCCC(=O)Oc2c(F)c(F)cc(F)c2F)CCN(CC(=O)OC(C)(C)C)CCN(CC(=O)OC(C)(C)C)CC1. The molecule has 1 amide bonds. The summed E-state index contributed by atoms with van der Waals surface area (Å²) < 4.78 is 207. The lowest BCUT2D eigenvalue weighted by molar-refractivity contribution is -0.158. The fourth-order valence-corrected chi connectivity index (χ4v) is 10.5. The monoisotopic (exact) mass is 1850 g/mol. The van der Waals surface area contributed by atoms with Crippen molar-refractivity contribution < 1.29 is 174 Å². The first kappa shape index (κ1) is 118. The number of rotatable bonds is 84. The number of amides is 1. The molecule has 0 spiro atoms. The lowest BCUT2D eigenvalue weighted by atomic mass is 10.2. The molecule has 1 aromatic rings. The van der Waals surface area contributed by atoms with Gasteiger partial charge in [0.15, 0.2) is 11.6 Å². The Morgan fingerprint density at radius 2 is 0.417 bits per heavy atom.